The van der Waals surface area contributed by atoms with Crippen molar-refractivity contribution in [3.8, 4) is 0 Å². The van der Waals surface area contributed by atoms with Crippen LogP contribution in [0.3, 0.4) is 0 Å². The van der Waals surface area contributed by atoms with Crippen LogP contribution in [0.5, 0.6) is 0 Å². The highest BCUT2D eigenvalue weighted by Crippen LogP contribution is 2.22. The molecule has 15 heavy (non-hydrogen) atoms. The number of rotatable bonds is 3. The first-order chi connectivity index (χ1) is 6.79. The molecule has 1 heterocycles. The zero-order valence-corrected chi connectivity index (χ0v) is 10.8. The highest BCUT2D eigenvalue weighted by molar-refractivity contribution is 9.10. The van der Waals surface area contributed by atoms with Crippen molar-refractivity contribution < 1.29 is 9.90 Å². The van der Waals surface area contributed by atoms with Gasteiger partial charge in [-0.25, -0.2) is 4.79 Å². The predicted molar refractivity (Wildman–Crippen MR) is 63.2 cm³/mol. The minimum atomic E-state index is -0.880. The molecule has 4 heteroatoms. The smallest absolute Gasteiger partial charge is 0.352 e. The number of hydrogen-bond acceptors (Lipinski definition) is 1. The fourth-order valence-corrected chi connectivity index (χ4v) is 1.76. The van der Waals surface area contributed by atoms with Crippen molar-refractivity contribution in [3.63, 3.8) is 0 Å². The van der Waals surface area contributed by atoms with E-state index in [1.165, 1.54) is 0 Å². The molecule has 0 radical (unpaired) electrons. The summed E-state index contributed by atoms with van der Waals surface area (Å²) in [4.78, 5) is 10.9. The molecular weight excluding hydrogens is 258 g/mol. The number of hydrogen-bond donors (Lipinski definition) is 1. The van der Waals surface area contributed by atoms with E-state index in [1.54, 1.807) is 10.6 Å². The minimum absolute atomic E-state index is 0.215. The van der Waals surface area contributed by atoms with Gasteiger partial charge in [-0.05, 0) is 33.8 Å². The topological polar surface area (TPSA) is 42.2 Å². The normalized spacial score (nSPS) is 11.7. The van der Waals surface area contributed by atoms with Crippen molar-refractivity contribution in [2.45, 2.75) is 33.7 Å². The second-order valence-corrected chi connectivity index (χ2v) is 5.77. The quantitative estimate of drug-likeness (QED) is 0.918. The SMILES string of the molecule is CC(C)(C)CCn1cc(Br)cc1C(=O)O. The standard InChI is InChI=1S/C11H16BrNO2/c1-11(2,3)4-5-13-7-8(12)6-9(13)10(14)15/h6-7H,4-5H2,1-3H3,(H,14,15). The highest BCUT2D eigenvalue weighted by atomic mass is 79.9. The van der Waals surface area contributed by atoms with E-state index < -0.39 is 5.97 Å². The maximum absolute atomic E-state index is 10.9. The summed E-state index contributed by atoms with van der Waals surface area (Å²) in [5, 5.41) is 8.97. The van der Waals surface area contributed by atoms with Gasteiger partial charge in [0.05, 0.1) is 0 Å². The fourth-order valence-electron chi connectivity index (χ4n) is 1.29. The number of carboxylic acids is 1. The zero-order chi connectivity index (χ0) is 11.6. The first kappa shape index (κ1) is 12.3. The van der Waals surface area contributed by atoms with Crippen LogP contribution in [-0.4, -0.2) is 15.6 Å². The molecule has 1 aromatic heterocycles. The van der Waals surface area contributed by atoms with Gasteiger partial charge in [0.2, 0.25) is 0 Å². The average Bonchev–Trinajstić information content (AvgIpc) is 2.42. The van der Waals surface area contributed by atoms with Crippen molar-refractivity contribution in [1.82, 2.24) is 4.57 Å². The van der Waals surface area contributed by atoms with Crippen molar-refractivity contribution in [2.75, 3.05) is 0 Å². The average molecular weight is 274 g/mol. The van der Waals surface area contributed by atoms with Crippen LogP contribution in [0.1, 0.15) is 37.7 Å². The number of aryl methyl sites for hydroxylation is 1. The van der Waals surface area contributed by atoms with Crippen LogP contribution in [-0.2, 0) is 6.54 Å². The Hall–Kier alpha value is -0.770. The summed E-state index contributed by atoms with van der Waals surface area (Å²) >= 11 is 3.29. The Labute approximate surface area is 98.2 Å². The molecule has 0 aliphatic heterocycles. The molecule has 1 aromatic rings. The maximum atomic E-state index is 10.9. The number of aromatic carboxylic acids is 1. The van der Waals surface area contributed by atoms with Crippen LogP contribution in [0, 0.1) is 5.41 Å². The van der Waals surface area contributed by atoms with Gasteiger partial charge in [0.1, 0.15) is 5.69 Å². The first-order valence-corrected chi connectivity index (χ1v) is 5.68. The molecule has 0 fully saturated rings. The van der Waals surface area contributed by atoms with Gasteiger partial charge in [-0.3, -0.25) is 0 Å². The Morgan fingerprint density at radius 2 is 2.13 bits per heavy atom. The summed E-state index contributed by atoms with van der Waals surface area (Å²) < 4.78 is 2.59. The van der Waals surface area contributed by atoms with Crippen LogP contribution in [0.2, 0.25) is 0 Å². The Morgan fingerprint density at radius 1 is 1.53 bits per heavy atom. The fraction of sp³-hybridized carbons (Fsp3) is 0.545. The van der Waals surface area contributed by atoms with E-state index in [0.29, 0.717) is 5.69 Å². The maximum Gasteiger partial charge on any atom is 0.352 e. The van der Waals surface area contributed by atoms with Gasteiger partial charge in [0.15, 0.2) is 0 Å². The Morgan fingerprint density at radius 3 is 2.60 bits per heavy atom. The number of aromatic nitrogens is 1. The minimum Gasteiger partial charge on any atom is -0.477 e. The Kier molecular flexibility index (Phi) is 3.60. The van der Waals surface area contributed by atoms with Crippen molar-refractivity contribution in [1.29, 1.82) is 0 Å². The second-order valence-electron chi connectivity index (χ2n) is 4.85. The molecule has 1 N–H and O–H groups in total. The zero-order valence-electron chi connectivity index (χ0n) is 9.25. The monoisotopic (exact) mass is 273 g/mol. The summed E-state index contributed by atoms with van der Waals surface area (Å²) in [6, 6.07) is 1.63. The molecule has 0 bridgehead atoms. The third-order valence-corrected chi connectivity index (χ3v) is 2.62. The number of carboxylic acid groups (broad SMARTS) is 1. The third-order valence-electron chi connectivity index (χ3n) is 2.19. The van der Waals surface area contributed by atoms with E-state index in [4.69, 9.17) is 5.11 Å². The largest absolute Gasteiger partial charge is 0.477 e. The second kappa shape index (κ2) is 4.39. The van der Waals surface area contributed by atoms with Crippen LogP contribution < -0.4 is 0 Å². The summed E-state index contributed by atoms with van der Waals surface area (Å²) in [5.74, 6) is -0.880. The van der Waals surface area contributed by atoms with E-state index in [-0.39, 0.29) is 5.41 Å². The lowest BCUT2D eigenvalue weighted by atomic mass is 9.92. The highest BCUT2D eigenvalue weighted by Gasteiger charge is 2.14. The van der Waals surface area contributed by atoms with Crippen LogP contribution >= 0.6 is 15.9 Å². The molecule has 0 saturated carbocycles. The molecule has 0 amide bonds. The molecule has 0 aliphatic carbocycles. The molecule has 0 spiro atoms. The number of carbonyl (C=O) groups is 1. The summed E-state index contributed by atoms with van der Waals surface area (Å²) in [6.07, 6.45) is 2.77. The summed E-state index contributed by atoms with van der Waals surface area (Å²) in [7, 11) is 0. The number of nitrogens with zero attached hydrogens (tertiary/aromatic N) is 1. The van der Waals surface area contributed by atoms with E-state index in [9.17, 15) is 4.79 Å². The molecule has 3 nitrogen and oxygen atoms in total. The van der Waals surface area contributed by atoms with Crippen LogP contribution in [0.15, 0.2) is 16.7 Å². The molecule has 0 aromatic carbocycles. The summed E-state index contributed by atoms with van der Waals surface area (Å²) in [5.41, 5.74) is 0.554. The van der Waals surface area contributed by atoms with Crippen LogP contribution in [0.25, 0.3) is 0 Å². The molecule has 0 atom stereocenters. The lowest BCUT2D eigenvalue weighted by Crippen LogP contribution is -2.13. The Bertz CT molecular complexity index is 363. The van der Waals surface area contributed by atoms with Gasteiger partial charge in [-0.2, -0.15) is 0 Å². The Balaban J connectivity index is 2.80. The van der Waals surface area contributed by atoms with E-state index >= 15 is 0 Å². The van der Waals surface area contributed by atoms with Gasteiger partial charge in [0, 0.05) is 17.2 Å². The van der Waals surface area contributed by atoms with Crippen molar-refractivity contribution in [2.24, 2.45) is 5.41 Å². The van der Waals surface area contributed by atoms with Gasteiger partial charge in [0.25, 0.3) is 0 Å². The first-order valence-electron chi connectivity index (χ1n) is 4.88. The van der Waals surface area contributed by atoms with Crippen molar-refractivity contribution >= 4 is 21.9 Å². The molecule has 0 aliphatic rings. The molecule has 84 valence electrons. The molecule has 0 unspecified atom stereocenters. The lowest BCUT2D eigenvalue weighted by Gasteiger charge is -2.18. The van der Waals surface area contributed by atoms with E-state index in [1.807, 2.05) is 6.20 Å². The predicted octanol–water partition coefficient (Wildman–Crippen LogP) is 3.39. The van der Waals surface area contributed by atoms with Crippen LogP contribution in [0.4, 0.5) is 0 Å². The lowest BCUT2D eigenvalue weighted by molar-refractivity contribution is 0.0684. The van der Waals surface area contributed by atoms with E-state index in [0.717, 1.165) is 17.4 Å². The molecule has 1 rings (SSSR count). The molecular formula is C11H16BrNO2. The van der Waals surface area contributed by atoms with Crippen molar-refractivity contribution in [3.05, 3.63) is 22.4 Å². The van der Waals surface area contributed by atoms with Gasteiger partial charge < -0.3 is 9.67 Å². The molecule has 0 saturated heterocycles. The van der Waals surface area contributed by atoms with Gasteiger partial charge in [-0.1, -0.05) is 20.8 Å². The van der Waals surface area contributed by atoms with Gasteiger partial charge in [-0.15, -0.1) is 0 Å². The third kappa shape index (κ3) is 3.70. The summed E-state index contributed by atoms with van der Waals surface area (Å²) in [6.45, 7) is 7.17. The number of halogens is 1. The van der Waals surface area contributed by atoms with Gasteiger partial charge >= 0.3 is 5.97 Å². The van der Waals surface area contributed by atoms with E-state index in [2.05, 4.69) is 36.7 Å².